The van der Waals surface area contributed by atoms with Crippen molar-refractivity contribution in [1.82, 2.24) is 0 Å². The fourth-order valence-corrected chi connectivity index (χ4v) is 8.67. The minimum absolute atomic E-state index is 0. The Morgan fingerprint density at radius 3 is 2.23 bits per heavy atom. The van der Waals surface area contributed by atoms with Crippen molar-refractivity contribution in [3.8, 4) is 0 Å². The third kappa shape index (κ3) is 8.28. The molecule has 8 atom stereocenters. The fourth-order valence-electron chi connectivity index (χ4n) is 8.67. The summed E-state index contributed by atoms with van der Waals surface area (Å²) in [6, 6.07) is 0. The van der Waals surface area contributed by atoms with E-state index in [4.69, 9.17) is 17.5 Å². The number of allylic oxidation sites excluding steroid dienone is 1. The first kappa shape index (κ1) is 34.6. The summed E-state index contributed by atoms with van der Waals surface area (Å²) in [5.74, 6) is 5.46. The van der Waals surface area contributed by atoms with Crippen molar-refractivity contribution < 1.29 is 81.7 Å². The smallest absolute Gasteiger partial charge is 0.759 e. The van der Waals surface area contributed by atoms with Crippen molar-refractivity contribution in [2.45, 2.75) is 111 Å². The maximum atomic E-state index is 10.2. The first-order valence-corrected chi connectivity index (χ1v) is 14.6. The Kier molecular flexibility index (Phi) is 13.6. The van der Waals surface area contributed by atoms with E-state index >= 15 is 0 Å². The minimum atomic E-state index is -5.17. The van der Waals surface area contributed by atoms with Gasteiger partial charge in [0.2, 0.25) is 0 Å². The van der Waals surface area contributed by atoms with Crippen molar-refractivity contribution in [2.24, 2.45) is 46.3 Å². The van der Waals surface area contributed by atoms with Gasteiger partial charge in [0.1, 0.15) is 0 Å². The maximum absolute atomic E-state index is 10.2. The van der Waals surface area contributed by atoms with E-state index in [1.165, 1.54) is 57.8 Å². The number of rotatable bonds is 5. The number of aliphatic hydroxyl groups excluding tert-OH is 1. The molecule has 5 nitrogen and oxygen atoms in total. The molecule has 1 N–H and O–H groups in total. The average molecular weight is 529 g/mol. The zero-order valence-electron chi connectivity index (χ0n) is 23.4. The molecule has 0 saturated heterocycles. The molecule has 35 heavy (non-hydrogen) atoms. The molecule has 192 valence electrons. The zero-order valence-corrected chi connectivity index (χ0v) is 28.2. The predicted octanol–water partition coefficient (Wildman–Crippen LogP) is 0.0587. The van der Waals surface area contributed by atoms with Gasteiger partial charge >= 0.3 is 59.1 Å². The van der Waals surface area contributed by atoms with E-state index in [0.29, 0.717) is 10.8 Å². The van der Waals surface area contributed by atoms with Crippen molar-refractivity contribution in [3.05, 3.63) is 11.6 Å². The van der Waals surface area contributed by atoms with Crippen LogP contribution >= 0.6 is 0 Å². The Bertz CT molecular complexity index is 808. The van der Waals surface area contributed by atoms with Crippen LogP contribution < -0.4 is 59.1 Å². The molecule has 4 aliphatic carbocycles. The van der Waals surface area contributed by atoms with Crippen LogP contribution in [0.3, 0.4) is 0 Å². The van der Waals surface area contributed by atoms with E-state index in [0.717, 1.165) is 48.3 Å². The summed E-state index contributed by atoms with van der Waals surface area (Å²) in [6.45, 7) is 12.6. The molecule has 0 aromatic carbocycles. The van der Waals surface area contributed by atoms with E-state index in [1.807, 2.05) is 0 Å². The summed E-state index contributed by atoms with van der Waals surface area (Å²) in [7, 11) is -5.17. The van der Waals surface area contributed by atoms with E-state index in [-0.39, 0.29) is 65.2 Å². The first-order chi connectivity index (χ1) is 15.3. The Labute approximate surface area is 259 Å². The molecule has 0 amide bonds. The largest absolute Gasteiger partial charge is 1.00 e. The van der Waals surface area contributed by atoms with Crippen LogP contribution in [0.2, 0.25) is 0 Å². The van der Waals surface area contributed by atoms with Gasteiger partial charge in [-0.3, -0.25) is 8.42 Å². The Balaban J connectivity index is 0.000000798. The van der Waals surface area contributed by atoms with Gasteiger partial charge in [-0.25, -0.2) is 0 Å². The van der Waals surface area contributed by atoms with Gasteiger partial charge in [-0.05, 0) is 97.7 Å². The first-order valence-electron chi connectivity index (χ1n) is 13.3. The van der Waals surface area contributed by atoms with E-state index < -0.39 is 10.4 Å². The molecule has 0 heterocycles. The summed E-state index contributed by atoms with van der Waals surface area (Å²) >= 11 is 0. The third-order valence-corrected chi connectivity index (χ3v) is 10.3. The monoisotopic (exact) mass is 528 g/mol. The maximum Gasteiger partial charge on any atom is 1.00 e. The molecule has 0 aliphatic heterocycles. The molecule has 0 bridgehead atoms. The molecule has 4 rings (SSSR count). The summed E-state index contributed by atoms with van der Waals surface area (Å²) in [5.41, 5.74) is 2.60. The zero-order chi connectivity index (χ0) is 24.6. The van der Waals surface area contributed by atoms with Gasteiger partial charge in [-0.15, -0.1) is 0 Å². The number of hydrogen-bond acceptors (Lipinski definition) is 5. The van der Waals surface area contributed by atoms with Crippen LogP contribution in [0.4, 0.5) is 0 Å². The summed E-state index contributed by atoms with van der Waals surface area (Å²) in [4.78, 5) is 0. The van der Waals surface area contributed by atoms with Crippen LogP contribution in [-0.4, -0.2) is 28.7 Å². The molecule has 3 fully saturated rings. The molecule has 0 aromatic rings. The normalized spacial score (nSPS) is 38.9. The number of hydrogen-bond donors (Lipinski definition) is 1. The molecule has 8 heteroatoms. The second kappa shape index (κ2) is 13.8. The SMILES string of the molecule is CC(C)CCC[C@@H](C)[C@H]1CCC2C3CC=C4CC(O)CC[C@]4(C)C3CC[C@@]21C.O=S(=O)([O-])[O-].[Na+].[Na+]. The van der Waals surface area contributed by atoms with Gasteiger partial charge < -0.3 is 14.2 Å². The van der Waals surface area contributed by atoms with Gasteiger partial charge in [0.05, 0.1) is 6.10 Å². The van der Waals surface area contributed by atoms with Crippen LogP contribution in [0, 0.1) is 46.3 Å². The van der Waals surface area contributed by atoms with Gasteiger partial charge in [-0.1, -0.05) is 65.5 Å². The molecule has 0 aromatic heterocycles. The van der Waals surface area contributed by atoms with E-state index in [1.54, 1.807) is 5.57 Å². The topological polar surface area (TPSA) is 100 Å². The van der Waals surface area contributed by atoms with Gasteiger partial charge in [0.15, 0.2) is 0 Å². The Hall–Kier alpha value is 1.57. The van der Waals surface area contributed by atoms with Gasteiger partial charge in [0.25, 0.3) is 0 Å². The summed E-state index contributed by atoms with van der Waals surface area (Å²) < 4.78 is 34.1. The van der Waals surface area contributed by atoms with Crippen LogP contribution in [0.15, 0.2) is 11.6 Å². The number of aliphatic hydroxyl groups is 1. The molecule has 3 saturated carbocycles. The van der Waals surface area contributed by atoms with Crippen molar-refractivity contribution in [1.29, 1.82) is 0 Å². The Morgan fingerprint density at radius 1 is 1.00 bits per heavy atom. The molecule has 4 aliphatic rings. The number of fused-ring (bicyclic) bond motifs is 5. The molecule has 0 radical (unpaired) electrons. The van der Waals surface area contributed by atoms with Crippen molar-refractivity contribution in [2.75, 3.05) is 0 Å². The van der Waals surface area contributed by atoms with Crippen LogP contribution in [0.25, 0.3) is 0 Å². The van der Waals surface area contributed by atoms with Gasteiger partial charge in [0, 0.05) is 10.4 Å². The van der Waals surface area contributed by atoms with Crippen LogP contribution in [0.5, 0.6) is 0 Å². The van der Waals surface area contributed by atoms with Crippen LogP contribution in [0.1, 0.15) is 105 Å². The van der Waals surface area contributed by atoms with Crippen molar-refractivity contribution in [3.63, 3.8) is 0 Å². The fraction of sp³-hybridized carbons (Fsp3) is 0.926. The van der Waals surface area contributed by atoms with Crippen LogP contribution in [-0.2, 0) is 10.4 Å². The second-order valence-electron chi connectivity index (χ2n) is 12.6. The molecule has 0 spiro atoms. The standard InChI is InChI=1S/C27H46O.2Na.H2O4S/c1-18(2)7-6-8-19(3)23-11-12-24-22-10-9-20-17-21(28)13-15-26(20,4)25(22)14-16-27(23,24)5;;;1-5(2,3)4/h9,18-19,21-25,28H,6-8,10-17H2,1-5H3;;;(H2,1,2,3,4)/q;2*+1;/p-2/t19-,21?,22?,23-,24?,25?,26+,27-;;;/m1.../s1. The summed E-state index contributed by atoms with van der Waals surface area (Å²) in [5, 5.41) is 10.2. The molecular weight excluding hydrogens is 482 g/mol. The quantitative estimate of drug-likeness (QED) is 0.235. The van der Waals surface area contributed by atoms with E-state index in [2.05, 4.69) is 40.7 Å². The van der Waals surface area contributed by atoms with E-state index in [9.17, 15) is 5.11 Å². The third-order valence-electron chi connectivity index (χ3n) is 10.3. The van der Waals surface area contributed by atoms with Crippen molar-refractivity contribution >= 4 is 10.4 Å². The minimum Gasteiger partial charge on any atom is -0.759 e. The molecular formula is C27H46Na2O5S. The second-order valence-corrected chi connectivity index (χ2v) is 13.4. The molecule has 4 unspecified atom stereocenters. The average Bonchev–Trinajstić information content (AvgIpc) is 3.04. The van der Waals surface area contributed by atoms with Gasteiger partial charge in [-0.2, -0.15) is 0 Å². The Morgan fingerprint density at radius 2 is 1.63 bits per heavy atom. The predicted molar refractivity (Wildman–Crippen MR) is 130 cm³/mol. The summed E-state index contributed by atoms with van der Waals surface area (Å²) in [6.07, 6.45) is 17.2.